The Balaban J connectivity index is 1.54. The number of hydrogen-bond acceptors (Lipinski definition) is 6. The molecule has 0 aromatic carbocycles. The molecule has 0 aliphatic carbocycles. The summed E-state index contributed by atoms with van der Waals surface area (Å²) in [6, 6.07) is 0.843. The van der Waals surface area contributed by atoms with E-state index in [0.717, 1.165) is 36.6 Å². The van der Waals surface area contributed by atoms with Crippen molar-refractivity contribution in [3.63, 3.8) is 0 Å². The van der Waals surface area contributed by atoms with Gasteiger partial charge in [-0.1, -0.05) is 0 Å². The zero-order chi connectivity index (χ0) is 16.5. The molecule has 4 heterocycles. The zero-order valence-corrected chi connectivity index (χ0v) is 14.6. The summed E-state index contributed by atoms with van der Waals surface area (Å²) in [5.74, 6) is 0.116. The van der Waals surface area contributed by atoms with Crippen LogP contribution in [0.4, 0.5) is 0 Å². The van der Waals surface area contributed by atoms with Crippen LogP contribution in [0.15, 0.2) is 24.8 Å². The number of amides is 1. The van der Waals surface area contributed by atoms with Gasteiger partial charge < -0.3 is 9.80 Å². The van der Waals surface area contributed by atoms with Crippen molar-refractivity contribution in [3.8, 4) is 10.7 Å². The quantitative estimate of drug-likeness (QED) is 0.856. The first kappa shape index (κ1) is 15.7. The lowest BCUT2D eigenvalue weighted by atomic mass is 10.0. The molecule has 2 aromatic heterocycles. The van der Waals surface area contributed by atoms with Crippen LogP contribution in [0.2, 0.25) is 0 Å². The molecule has 0 radical (unpaired) electrons. The van der Waals surface area contributed by atoms with Crippen LogP contribution in [0.3, 0.4) is 0 Å². The predicted octanol–water partition coefficient (Wildman–Crippen LogP) is 2.30. The SMILES string of the molecule is CN1CCCC1C1CCCN1C(=O)c1cnc(-c2cnccn2)s1. The molecule has 0 bridgehead atoms. The number of carbonyl (C=O) groups is 1. The average molecular weight is 343 g/mol. The molecule has 4 rings (SSSR count). The van der Waals surface area contributed by atoms with Crippen molar-refractivity contribution in [2.24, 2.45) is 0 Å². The van der Waals surface area contributed by atoms with Gasteiger partial charge in [-0.3, -0.25) is 14.8 Å². The lowest BCUT2D eigenvalue weighted by molar-refractivity contribution is 0.0669. The molecule has 2 fully saturated rings. The Labute approximate surface area is 145 Å². The topological polar surface area (TPSA) is 62.2 Å². The van der Waals surface area contributed by atoms with Gasteiger partial charge in [0.1, 0.15) is 15.6 Å². The largest absolute Gasteiger partial charge is 0.333 e. The monoisotopic (exact) mass is 343 g/mol. The smallest absolute Gasteiger partial charge is 0.265 e. The van der Waals surface area contributed by atoms with Crippen molar-refractivity contribution in [3.05, 3.63) is 29.7 Å². The van der Waals surface area contributed by atoms with Gasteiger partial charge in [-0.15, -0.1) is 11.3 Å². The first-order valence-corrected chi connectivity index (χ1v) is 9.29. The molecule has 126 valence electrons. The molecule has 2 saturated heterocycles. The van der Waals surface area contributed by atoms with Gasteiger partial charge in [-0.2, -0.15) is 0 Å². The molecule has 7 heteroatoms. The highest BCUT2D eigenvalue weighted by Gasteiger charge is 2.39. The number of likely N-dealkylation sites (N-methyl/N-ethyl adjacent to an activating group) is 1. The van der Waals surface area contributed by atoms with Crippen LogP contribution >= 0.6 is 11.3 Å². The Morgan fingerprint density at radius 3 is 2.71 bits per heavy atom. The Kier molecular flexibility index (Phi) is 4.28. The van der Waals surface area contributed by atoms with Crippen LogP contribution in [-0.4, -0.2) is 62.9 Å². The molecule has 0 spiro atoms. The Hall–Kier alpha value is -1.86. The van der Waals surface area contributed by atoms with E-state index in [0.29, 0.717) is 17.0 Å². The van der Waals surface area contributed by atoms with E-state index >= 15 is 0 Å². The van der Waals surface area contributed by atoms with Crippen molar-refractivity contribution in [2.75, 3.05) is 20.1 Å². The minimum atomic E-state index is 0.116. The third kappa shape index (κ3) is 2.82. The minimum Gasteiger partial charge on any atom is -0.333 e. The Morgan fingerprint density at radius 2 is 1.96 bits per heavy atom. The van der Waals surface area contributed by atoms with Crippen molar-refractivity contribution in [1.29, 1.82) is 0 Å². The molecule has 2 aliphatic rings. The molecular weight excluding hydrogens is 322 g/mol. The van der Waals surface area contributed by atoms with Gasteiger partial charge in [-0.25, -0.2) is 4.98 Å². The van der Waals surface area contributed by atoms with E-state index in [4.69, 9.17) is 0 Å². The highest BCUT2D eigenvalue weighted by atomic mass is 32.1. The molecule has 6 nitrogen and oxygen atoms in total. The highest BCUT2D eigenvalue weighted by molar-refractivity contribution is 7.16. The predicted molar refractivity (Wildman–Crippen MR) is 92.9 cm³/mol. The van der Waals surface area contributed by atoms with Gasteiger partial charge in [0.25, 0.3) is 5.91 Å². The van der Waals surface area contributed by atoms with Crippen molar-refractivity contribution >= 4 is 17.2 Å². The van der Waals surface area contributed by atoms with E-state index in [1.165, 1.54) is 24.2 Å². The standard InChI is InChI=1S/C17H21N5OS/c1-21-8-2-4-13(21)14-5-3-9-22(14)17(23)15-11-20-16(24-15)12-10-18-6-7-19-12/h6-7,10-11,13-14H,2-5,8-9H2,1H3. The van der Waals surface area contributed by atoms with Crippen LogP contribution in [-0.2, 0) is 0 Å². The number of carbonyl (C=O) groups excluding carboxylic acids is 1. The molecule has 1 amide bonds. The molecule has 0 saturated carbocycles. The van der Waals surface area contributed by atoms with Gasteiger partial charge in [0, 0.05) is 31.0 Å². The number of rotatable bonds is 3. The lowest BCUT2D eigenvalue weighted by Crippen LogP contribution is -2.46. The van der Waals surface area contributed by atoms with E-state index in [1.807, 2.05) is 0 Å². The molecule has 2 aliphatic heterocycles. The van der Waals surface area contributed by atoms with E-state index in [9.17, 15) is 4.79 Å². The summed E-state index contributed by atoms with van der Waals surface area (Å²) in [6.07, 6.45) is 11.3. The van der Waals surface area contributed by atoms with Crippen molar-refractivity contribution in [1.82, 2.24) is 24.8 Å². The lowest BCUT2D eigenvalue weighted by Gasteiger charge is -2.33. The van der Waals surface area contributed by atoms with E-state index in [1.54, 1.807) is 24.8 Å². The minimum absolute atomic E-state index is 0.116. The van der Waals surface area contributed by atoms with Crippen LogP contribution in [0.5, 0.6) is 0 Å². The normalized spacial score (nSPS) is 24.6. The fourth-order valence-electron chi connectivity index (χ4n) is 3.91. The first-order chi connectivity index (χ1) is 11.7. The molecule has 2 aromatic rings. The first-order valence-electron chi connectivity index (χ1n) is 8.47. The average Bonchev–Trinajstić information content (AvgIpc) is 3.35. The van der Waals surface area contributed by atoms with E-state index in [-0.39, 0.29) is 5.91 Å². The summed E-state index contributed by atoms with van der Waals surface area (Å²) >= 11 is 1.41. The van der Waals surface area contributed by atoms with Gasteiger partial charge in [0.05, 0.1) is 12.4 Å². The fraction of sp³-hybridized carbons (Fsp3) is 0.529. The maximum Gasteiger partial charge on any atom is 0.265 e. The van der Waals surface area contributed by atoms with Gasteiger partial charge in [0.15, 0.2) is 0 Å². The van der Waals surface area contributed by atoms with Gasteiger partial charge in [0.2, 0.25) is 0 Å². The summed E-state index contributed by atoms with van der Waals surface area (Å²) < 4.78 is 0. The summed E-state index contributed by atoms with van der Waals surface area (Å²) in [5, 5.41) is 0.750. The van der Waals surface area contributed by atoms with Crippen molar-refractivity contribution in [2.45, 2.75) is 37.8 Å². The number of nitrogens with zero attached hydrogens (tertiary/aromatic N) is 5. The second kappa shape index (κ2) is 6.57. The highest BCUT2D eigenvalue weighted by Crippen LogP contribution is 2.32. The molecular formula is C17H21N5OS. The fourth-order valence-corrected chi connectivity index (χ4v) is 4.74. The van der Waals surface area contributed by atoms with Gasteiger partial charge >= 0.3 is 0 Å². The summed E-state index contributed by atoms with van der Waals surface area (Å²) in [7, 11) is 2.18. The van der Waals surface area contributed by atoms with Crippen LogP contribution < -0.4 is 0 Å². The number of thiazole rings is 1. The third-order valence-corrected chi connectivity index (χ3v) is 6.09. The third-order valence-electron chi connectivity index (χ3n) is 5.08. The van der Waals surface area contributed by atoms with Crippen LogP contribution in [0.25, 0.3) is 10.7 Å². The number of likely N-dealkylation sites (tertiary alicyclic amines) is 2. The molecule has 0 N–H and O–H groups in total. The van der Waals surface area contributed by atoms with E-state index < -0.39 is 0 Å². The molecule has 2 atom stereocenters. The molecule has 2 unspecified atom stereocenters. The van der Waals surface area contributed by atoms with Gasteiger partial charge in [-0.05, 0) is 39.3 Å². The Bertz CT molecular complexity index is 719. The maximum absolute atomic E-state index is 13.0. The summed E-state index contributed by atoms with van der Waals surface area (Å²) in [4.78, 5) is 30.9. The van der Waals surface area contributed by atoms with Crippen LogP contribution in [0.1, 0.15) is 35.4 Å². The zero-order valence-electron chi connectivity index (χ0n) is 13.8. The van der Waals surface area contributed by atoms with Crippen LogP contribution in [0, 0.1) is 0 Å². The second-order valence-electron chi connectivity index (χ2n) is 6.52. The summed E-state index contributed by atoms with van der Waals surface area (Å²) in [5.41, 5.74) is 0.718. The molecule has 24 heavy (non-hydrogen) atoms. The number of hydrogen-bond donors (Lipinski definition) is 0. The maximum atomic E-state index is 13.0. The second-order valence-corrected chi connectivity index (χ2v) is 7.55. The van der Waals surface area contributed by atoms with E-state index in [2.05, 4.69) is 31.8 Å². The number of aromatic nitrogens is 3. The Morgan fingerprint density at radius 1 is 1.12 bits per heavy atom. The van der Waals surface area contributed by atoms with Crippen molar-refractivity contribution < 1.29 is 4.79 Å². The summed E-state index contributed by atoms with van der Waals surface area (Å²) in [6.45, 7) is 1.99.